The minimum absolute atomic E-state index is 0.0919. The summed E-state index contributed by atoms with van der Waals surface area (Å²) in [5.74, 6) is 0.179. The second-order valence-corrected chi connectivity index (χ2v) is 8.31. The Hall–Kier alpha value is -4.26. The van der Waals surface area contributed by atoms with E-state index in [2.05, 4.69) is 15.3 Å². The first-order chi connectivity index (χ1) is 17.0. The van der Waals surface area contributed by atoms with Crippen LogP contribution in [0.1, 0.15) is 29.8 Å². The molecule has 0 fully saturated rings. The maximum atomic E-state index is 14.9. The Balaban J connectivity index is 1.75. The van der Waals surface area contributed by atoms with Gasteiger partial charge in [0.05, 0.1) is 18.4 Å². The molecule has 0 saturated heterocycles. The molecule has 0 spiro atoms. The number of rotatable bonds is 8. The molecule has 0 atom stereocenters. The molecule has 4 rings (SSSR count). The van der Waals surface area contributed by atoms with Crippen LogP contribution in [0, 0.1) is 5.82 Å². The van der Waals surface area contributed by atoms with Crippen molar-refractivity contribution in [2.24, 2.45) is 0 Å². The fourth-order valence-corrected chi connectivity index (χ4v) is 3.71. The second-order valence-electron chi connectivity index (χ2n) is 8.31. The molecule has 0 unspecified atom stereocenters. The molecule has 4 aromatic rings. The lowest BCUT2D eigenvalue weighted by molar-refractivity contribution is 0.0690. The highest BCUT2D eigenvalue weighted by atomic mass is 19.1. The Labute approximate surface area is 204 Å². The molecule has 1 aromatic heterocycles. The van der Waals surface area contributed by atoms with Gasteiger partial charge in [-0.1, -0.05) is 48.5 Å². The Morgan fingerprint density at radius 1 is 1.03 bits per heavy atom. The lowest BCUT2D eigenvalue weighted by Crippen LogP contribution is -2.37. The van der Waals surface area contributed by atoms with Crippen LogP contribution in [0.2, 0.25) is 0 Å². The Bertz CT molecular complexity index is 1310. The summed E-state index contributed by atoms with van der Waals surface area (Å²) in [5.41, 5.74) is 2.40. The zero-order valence-corrected chi connectivity index (χ0v) is 19.9. The van der Waals surface area contributed by atoms with Gasteiger partial charge >= 0.3 is 0 Å². The molecular weight excluding hydrogens is 443 g/mol. The van der Waals surface area contributed by atoms with E-state index in [1.807, 2.05) is 62.4 Å². The van der Waals surface area contributed by atoms with Gasteiger partial charge in [0.25, 0.3) is 5.91 Å². The quantitative estimate of drug-likeness (QED) is 0.338. The minimum Gasteiger partial charge on any atom is -0.497 e. The maximum Gasteiger partial charge on any atom is 0.258 e. The number of methoxy groups -OCH3 is 1. The van der Waals surface area contributed by atoms with E-state index in [1.165, 1.54) is 12.3 Å². The summed E-state index contributed by atoms with van der Waals surface area (Å²) in [6.07, 6.45) is 1.46. The molecule has 0 saturated carbocycles. The fourth-order valence-electron chi connectivity index (χ4n) is 3.71. The topological polar surface area (TPSA) is 67.3 Å². The first-order valence-electron chi connectivity index (χ1n) is 11.3. The van der Waals surface area contributed by atoms with E-state index in [0.29, 0.717) is 18.0 Å². The Morgan fingerprint density at radius 3 is 2.49 bits per heavy atom. The number of hydrogen-bond donors (Lipinski definition) is 1. The largest absolute Gasteiger partial charge is 0.497 e. The van der Waals surface area contributed by atoms with Crippen molar-refractivity contribution in [2.75, 3.05) is 12.4 Å². The number of amides is 1. The van der Waals surface area contributed by atoms with Crippen LogP contribution >= 0.6 is 0 Å². The molecular formula is C28H27FN4O2. The van der Waals surface area contributed by atoms with Crippen LogP contribution in [-0.2, 0) is 6.54 Å². The predicted molar refractivity (Wildman–Crippen MR) is 135 cm³/mol. The smallest absolute Gasteiger partial charge is 0.258 e. The van der Waals surface area contributed by atoms with E-state index in [4.69, 9.17) is 4.74 Å². The average Bonchev–Trinajstić information content (AvgIpc) is 2.88. The molecule has 0 radical (unpaired) electrons. The SMILES string of the molecule is COc1cccc(Nc2ncc(C(=O)N(Cc3ccccc3)C(C)C)c(-c3ccccc3F)n2)c1. The highest BCUT2D eigenvalue weighted by Crippen LogP contribution is 2.28. The first-order valence-corrected chi connectivity index (χ1v) is 11.3. The highest BCUT2D eigenvalue weighted by molar-refractivity contribution is 6.00. The second kappa shape index (κ2) is 10.8. The number of benzene rings is 3. The van der Waals surface area contributed by atoms with E-state index in [9.17, 15) is 9.18 Å². The van der Waals surface area contributed by atoms with Crippen LogP contribution in [-0.4, -0.2) is 33.9 Å². The number of hydrogen-bond acceptors (Lipinski definition) is 5. The molecule has 7 heteroatoms. The van der Waals surface area contributed by atoms with Crippen molar-refractivity contribution >= 4 is 17.5 Å². The monoisotopic (exact) mass is 470 g/mol. The summed E-state index contributed by atoms with van der Waals surface area (Å²) in [4.78, 5) is 24.4. The molecule has 0 aliphatic heterocycles. The van der Waals surface area contributed by atoms with E-state index in [-0.39, 0.29) is 34.7 Å². The molecule has 1 N–H and O–H groups in total. The molecule has 0 bridgehead atoms. The minimum atomic E-state index is -0.466. The van der Waals surface area contributed by atoms with Crippen LogP contribution < -0.4 is 10.1 Å². The van der Waals surface area contributed by atoms with Gasteiger partial charge in [0, 0.05) is 36.1 Å². The summed E-state index contributed by atoms with van der Waals surface area (Å²) in [6, 6.07) is 23.2. The molecule has 3 aromatic carbocycles. The van der Waals surface area contributed by atoms with Gasteiger partial charge in [-0.05, 0) is 43.7 Å². The fraction of sp³-hybridized carbons (Fsp3) is 0.179. The van der Waals surface area contributed by atoms with Gasteiger partial charge in [0.15, 0.2) is 0 Å². The average molecular weight is 471 g/mol. The molecule has 0 aliphatic carbocycles. The number of halogens is 1. The summed E-state index contributed by atoms with van der Waals surface area (Å²) in [7, 11) is 1.59. The summed E-state index contributed by atoms with van der Waals surface area (Å²) < 4.78 is 20.1. The Morgan fingerprint density at radius 2 is 1.77 bits per heavy atom. The lowest BCUT2D eigenvalue weighted by Gasteiger charge is -2.27. The van der Waals surface area contributed by atoms with Crippen LogP contribution in [0.25, 0.3) is 11.3 Å². The number of nitrogens with one attached hydrogen (secondary N) is 1. The molecule has 35 heavy (non-hydrogen) atoms. The summed E-state index contributed by atoms with van der Waals surface area (Å²) >= 11 is 0. The van der Waals surface area contributed by atoms with E-state index < -0.39 is 5.82 Å². The first kappa shape index (κ1) is 23.9. The van der Waals surface area contributed by atoms with Crippen LogP contribution in [0.5, 0.6) is 5.75 Å². The number of carbonyl (C=O) groups excluding carboxylic acids is 1. The van der Waals surface area contributed by atoms with Gasteiger partial charge in [-0.15, -0.1) is 0 Å². The number of aromatic nitrogens is 2. The molecule has 6 nitrogen and oxygen atoms in total. The third-order valence-corrected chi connectivity index (χ3v) is 5.55. The van der Waals surface area contributed by atoms with E-state index in [1.54, 1.807) is 36.3 Å². The third kappa shape index (κ3) is 5.63. The number of carbonyl (C=O) groups is 1. The van der Waals surface area contributed by atoms with Gasteiger partial charge in [-0.25, -0.2) is 14.4 Å². The van der Waals surface area contributed by atoms with Gasteiger partial charge in [0.1, 0.15) is 11.6 Å². The number of nitrogens with zero attached hydrogens (tertiary/aromatic N) is 3. The van der Waals surface area contributed by atoms with Crippen molar-refractivity contribution < 1.29 is 13.9 Å². The highest BCUT2D eigenvalue weighted by Gasteiger charge is 2.25. The third-order valence-electron chi connectivity index (χ3n) is 5.55. The van der Waals surface area contributed by atoms with Crippen molar-refractivity contribution in [1.29, 1.82) is 0 Å². The van der Waals surface area contributed by atoms with Gasteiger partial charge in [0.2, 0.25) is 5.95 Å². The van der Waals surface area contributed by atoms with Gasteiger partial charge < -0.3 is 15.0 Å². The predicted octanol–water partition coefficient (Wildman–Crippen LogP) is 6.09. The molecule has 0 aliphatic rings. The Kier molecular flexibility index (Phi) is 7.35. The zero-order chi connectivity index (χ0) is 24.8. The van der Waals surface area contributed by atoms with Gasteiger partial charge in [-0.2, -0.15) is 0 Å². The lowest BCUT2D eigenvalue weighted by atomic mass is 10.0. The van der Waals surface area contributed by atoms with Crippen LogP contribution in [0.3, 0.4) is 0 Å². The molecule has 1 amide bonds. The summed E-state index contributed by atoms with van der Waals surface area (Å²) in [6.45, 7) is 4.31. The van der Waals surface area contributed by atoms with Crippen molar-refractivity contribution in [2.45, 2.75) is 26.4 Å². The normalized spacial score (nSPS) is 10.8. The van der Waals surface area contributed by atoms with E-state index >= 15 is 0 Å². The van der Waals surface area contributed by atoms with Crippen LogP contribution in [0.15, 0.2) is 85.1 Å². The standard InChI is InChI=1S/C28H27FN4O2/c1-19(2)33(18-20-10-5-4-6-11-20)27(34)24-17-30-28(31-21-12-9-13-22(16-21)35-3)32-26(24)23-14-7-8-15-25(23)29/h4-17,19H,18H2,1-3H3,(H,30,31,32). The molecule has 178 valence electrons. The van der Waals surface area contributed by atoms with Crippen molar-refractivity contribution in [1.82, 2.24) is 14.9 Å². The van der Waals surface area contributed by atoms with Crippen molar-refractivity contribution in [3.63, 3.8) is 0 Å². The van der Waals surface area contributed by atoms with Crippen molar-refractivity contribution in [3.8, 4) is 17.0 Å². The molecule has 1 heterocycles. The summed E-state index contributed by atoms with van der Waals surface area (Å²) in [5, 5.41) is 3.12. The maximum absolute atomic E-state index is 14.9. The number of ether oxygens (including phenoxy) is 1. The zero-order valence-electron chi connectivity index (χ0n) is 19.9. The van der Waals surface area contributed by atoms with Gasteiger partial charge in [-0.3, -0.25) is 4.79 Å². The van der Waals surface area contributed by atoms with Crippen molar-refractivity contribution in [3.05, 3.63) is 102 Å². The van der Waals surface area contributed by atoms with Crippen LogP contribution in [0.4, 0.5) is 16.0 Å². The van der Waals surface area contributed by atoms with E-state index in [0.717, 1.165) is 5.56 Å². The number of anilines is 2.